The van der Waals surface area contributed by atoms with Gasteiger partial charge in [0.25, 0.3) is 0 Å². The molecule has 22 heavy (non-hydrogen) atoms. The zero-order valence-electron chi connectivity index (χ0n) is 12.5. The predicted molar refractivity (Wildman–Crippen MR) is 96.2 cm³/mol. The summed E-state index contributed by atoms with van der Waals surface area (Å²) in [5.74, 6) is 0. The second-order valence-electron chi connectivity index (χ2n) is 5.22. The fourth-order valence-corrected chi connectivity index (χ4v) is 3.26. The molecule has 4 nitrogen and oxygen atoms in total. The maximum Gasteiger partial charge on any atom is 0.178 e. The Bertz CT molecular complexity index is 780. The molecule has 1 heterocycles. The topological polar surface area (TPSA) is 55.9 Å². The predicted octanol–water partition coefficient (Wildman–Crippen LogP) is 4.06. The Morgan fingerprint density at radius 1 is 1.23 bits per heavy atom. The summed E-state index contributed by atoms with van der Waals surface area (Å²) in [5, 5.41) is 3.46. The van der Waals surface area contributed by atoms with Crippen molar-refractivity contribution in [1.29, 1.82) is 0 Å². The fraction of sp³-hybridized carbons (Fsp3) is 0.235. The third-order valence-corrected chi connectivity index (χ3v) is 4.32. The van der Waals surface area contributed by atoms with Gasteiger partial charge >= 0.3 is 0 Å². The summed E-state index contributed by atoms with van der Waals surface area (Å²) in [6, 6.07) is 14.4. The van der Waals surface area contributed by atoms with Crippen LogP contribution < -0.4 is 11.1 Å². The van der Waals surface area contributed by atoms with Crippen LogP contribution in [0.25, 0.3) is 11.0 Å². The summed E-state index contributed by atoms with van der Waals surface area (Å²) in [6.45, 7) is 3.79. The summed E-state index contributed by atoms with van der Waals surface area (Å²) >= 11 is 3.52. The van der Waals surface area contributed by atoms with Gasteiger partial charge in [0.15, 0.2) is 4.73 Å². The molecule has 0 atom stereocenters. The minimum Gasteiger partial charge on any atom is -0.399 e. The Hall–Kier alpha value is -2.01. The van der Waals surface area contributed by atoms with Crippen LogP contribution in [0.2, 0.25) is 0 Å². The molecule has 3 N–H and O–H groups in total. The highest BCUT2D eigenvalue weighted by Gasteiger charge is 2.12. The van der Waals surface area contributed by atoms with E-state index in [0.717, 1.165) is 46.7 Å². The molecule has 0 bridgehead atoms. The van der Waals surface area contributed by atoms with Crippen molar-refractivity contribution in [2.45, 2.75) is 19.9 Å². The fourth-order valence-electron chi connectivity index (χ4n) is 2.64. The van der Waals surface area contributed by atoms with E-state index in [9.17, 15) is 0 Å². The van der Waals surface area contributed by atoms with Crippen molar-refractivity contribution in [3.8, 4) is 0 Å². The quantitative estimate of drug-likeness (QED) is 0.676. The van der Waals surface area contributed by atoms with Gasteiger partial charge in [-0.05, 0) is 47.0 Å². The van der Waals surface area contributed by atoms with Gasteiger partial charge in [0, 0.05) is 18.8 Å². The van der Waals surface area contributed by atoms with E-state index in [2.05, 4.69) is 62.0 Å². The minimum absolute atomic E-state index is 0.747. The van der Waals surface area contributed by atoms with Crippen molar-refractivity contribution < 1.29 is 0 Å². The van der Waals surface area contributed by atoms with Crippen LogP contribution in [0.4, 0.5) is 11.4 Å². The van der Waals surface area contributed by atoms with Gasteiger partial charge in [-0.3, -0.25) is 0 Å². The van der Waals surface area contributed by atoms with Crippen LogP contribution in [0.15, 0.2) is 47.2 Å². The summed E-state index contributed by atoms with van der Waals surface area (Å²) in [7, 11) is 0. The Labute approximate surface area is 138 Å². The normalized spacial score (nSPS) is 11.0. The smallest absolute Gasteiger partial charge is 0.178 e. The molecule has 0 saturated heterocycles. The van der Waals surface area contributed by atoms with Crippen molar-refractivity contribution in [3.63, 3.8) is 0 Å². The Morgan fingerprint density at radius 2 is 2.00 bits per heavy atom. The molecule has 0 aliphatic rings. The summed E-state index contributed by atoms with van der Waals surface area (Å²) in [6.07, 6.45) is 0.965. The maximum absolute atomic E-state index is 6.04. The van der Waals surface area contributed by atoms with Crippen LogP contribution in [0.3, 0.4) is 0 Å². The lowest BCUT2D eigenvalue weighted by molar-refractivity contribution is 0.765. The molecule has 0 unspecified atom stereocenters. The SMILES string of the molecule is CCn1c(Br)nc2c(NCCc3ccccc3)cc(N)cc21. The first-order valence-electron chi connectivity index (χ1n) is 7.42. The summed E-state index contributed by atoms with van der Waals surface area (Å²) in [4.78, 5) is 4.61. The van der Waals surface area contributed by atoms with Gasteiger partial charge in [0.1, 0.15) is 5.52 Å². The number of nitrogens with two attached hydrogens (primary N) is 1. The zero-order valence-corrected chi connectivity index (χ0v) is 14.1. The second kappa shape index (κ2) is 6.40. The lowest BCUT2D eigenvalue weighted by Gasteiger charge is -2.09. The van der Waals surface area contributed by atoms with E-state index in [1.165, 1.54) is 5.56 Å². The number of benzene rings is 2. The third-order valence-electron chi connectivity index (χ3n) is 3.72. The van der Waals surface area contributed by atoms with Gasteiger partial charge in [0.2, 0.25) is 0 Å². The van der Waals surface area contributed by atoms with Crippen LogP contribution in [0.1, 0.15) is 12.5 Å². The molecule has 1 aromatic heterocycles. The van der Waals surface area contributed by atoms with Gasteiger partial charge in [-0.15, -0.1) is 0 Å². The highest BCUT2D eigenvalue weighted by atomic mass is 79.9. The van der Waals surface area contributed by atoms with Crippen LogP contribution >= 0.6 is 15.9 Å². The molecule has 3 rings (SSSR count). The number of nitrogens with one attached hydrogen (secondary N) is 1. The number of nitrogens with zero attached hydrogens (tertiary/aromatic N) is 2. The molecule has 2 aromatic carbocycles. The number of fused-ring (bicyclic) bond motifs is 1. The van der Waals surface area contributed by atoms with Gasteiger partial charge in [-0.2, -0.15) is 0 Å². The molecule has 0 radical (unpaired) electrons. The number of hydrogen-bond donors (Lipinski definition) is 2. The van der Waals surface area contributed by atoms with Crippen molar-refractivity contribution in [2.75, 3.05) is 17.6 Å². The number of aromatic nitrogens is 2. The molecule has 0 amide bonds. The van der Waals surface area contributed by atoms with E-state index < -0.39 is 0 Å². The highest BCUT2D eigenvalue weighted by molar-refractivity contribution is 9.10. The van der Waals surface area contributed by atoms with E-state index in [0.29, 0.717) is 0 Å². The Kier molecular flexibility index (Phi) is 4.34. The van der Waals surface area contributed by atoms with Crippen molar-refractivity contribution >= 4 is 38.3 Å². The summed E-state index contributed by atoms with van der Waals surface area (Å²) in [5.41, 5.74) is 11.1. The van der Waals surface area contributed by atoms with Gasteiger partial charge in [0.05, 0.1) is 11.2 Å². The lowest BCUT2D eigenvalue weighted by Crippen LogP contribution is -2.06. The van der Waals surface area contributed by atoms with E-state index in [-0.39, 0.29) is 0 Å². The first-order valence-corrected chi connectivity index (χ1v) is 8.21. The standard InChI is InChI=1S/C17H19BrN4/c1-2-22-15-11-13(19)10-14(16(15)21-17(22)18)20-9-8-12-6-4-3-5-7-12/h3-7,10-11,20H,2,8-9,19H2,1H3. The monoisotopic (exact) mass is 358 g/mol. The number of anilines is 2. The van der Waals surface area contributed by atoms with Gasteiger partial charge in [-0.1, -0.05) is 30.3 Å². The average molecular weight is 359 g/mol. The van der Waals surface area contributed by atoms with Crippen molar-refractivity contribution in [3.05, 3.63) is 52.8 Å². The van der Waals surface area contributed by atoms with Crippen LogP contribution in [0.5, 0.6) is 0 Å². The summed E-state index contributed by atoms with van der Waals surface area (Å²) < 4.78 is 2.94. The van der Waals surface area contributed by atoms with E-state index >= 15 is 0 Å². The van der Waals surface area contributed by atoms with Gasteiger partial charge < -0.3 is 15.6 Å². The molecule has 0 spiro atoms. The first kappa shape index (κ1) is 14.9. The molecule has 0 fully saturated rings. The zero-order chi connectivity index (χ0) is 15.5. The molecule has 5 heteroatoms. The van der Waals surface area contributed by atoms with Crippen molar-refractivity contribution in [1.82, 2.24) is 9.55 Å². The number of aryl methyl sites for hydroxylation is 1. The number of hydrogen-bond acceptors (Lipinski definition) is 3. The largest absolute Gasteiger partial charge is 0.399 e. The van der Waals surface area contributed by atoms with Crippen LogP contribution in [0, 0.1) is 0 Å². The average Bonchev–Trinajstić information content (AvgIpc) is 2.83. The molecular formula is C17H19BrN4. The first-order chi connectivity index (χ1) is 10.7. The van der Waals surface area contributed by atoms with E-state index in [1.54, 1.807) is 0 Å². The number of nitrogen functional groups attached to an aromatic ring is 1. The molecule has 114 valence electrons. The third kappa shape index (κ3) is 2.95. The molecule has 0 saturated carbocycles. The lowest BCUT2D eigenvalue weighted by atomic mass is 10.1. The number of imidazole rings is 1. The molecule has 0 aliphatic carbocycles. The Balaban J connectivity index is 1.84. The molecule has 0 aliphatic heterocycles. The number of halogens is 1. The van der Waals surface area contributed by atoms with Crippen LogP contribution in [-0.4, -0.2) is 16.1 Å². The Morgan fingerprint density at radius 3 is 2.73 bits per heavy atom. The van der Waals surface area contributed by atoms with Crippen molar-refractivity contribution in [2.24, 2.45) is 0 Å². The molecule has 3 aromatic rings. The molecular weight excluding hydrogens is 340 g/mol. The van der Waals surface area contributed by atoms with E-state index in [1.807, 2.05) is 18.2 Å². The highest BCUT2D eigenvalue weighted by Crippen LogP contribution is 2.29. The number of rotatable bonds is 5. The minimum atomic E-state index is 0.747. The maximum atomic E-state index is 6.04. The van der Waals surface area contributed by atoms with E-state index in [4.69, 9.17) is 5.73 Å². The second-order valence-corrected chi connectivity index (χ2v) is 5.93. The van der Waals surface area contributed by atoms with Gasteiger partial charge in [-0.25, -0.2) is 4.98 Å². The van der Waals surface area contributed by atoms with Crippen LogP contribution in [-0.2, 0) is 13.0 Å².